The number of guanidine groups is 1. The van der Waals surface area contributed by atoms with Gasteiger partial charge in [0.1, 0.15) is 5.75 Å². The van der Waals surface area contributed by atoms with Gasteiger partial charge in [-0.15, -0.1) is 0 Å². The van der Waals surface area contributed by atoms with E-state index in [9.17, 15) is 4.79 Å². The molecule has 7 heteroatoms. The minimum Gasteiger partial charge on any atom is -0.497 e. The van der Waals surface area contributed by atoms with Crippen LogP contribution in [0.5, 0.6) is 5.75 Å². The minimum absolute atomic E-state index is 0.228. The average Bonchev–Trinajstić information content (AvgIpc) is 2.70. The third-order valence-corrected chi connectivity index (χ3v) is 4.47. The number of esters is 1. The molecule has 0 aliphatic carbocycles. The van der Waals surface area contributed by atoms with Crippen LogP contribution < -0.4 is 15.0 Å². The number of methoxy groups -OCH3 is 2. The van der Waals surface area contributed by atoms with E-state index in [0.717, 1.165) is 44.4 Å². The molecule has 1 unspecified atom stereocenters. The maximum atomic E-state index is 11.6. The highest BCUT2D eigenvalue weighted by Gasteiger charge is 2.21. The predicted octanol–water partition coefficient (Wildman–Crippen LogP) is 1.59. The van der Waals surface area contributed by atoms with Crippen molar-refractivity contribution in [1.29, 1.82) is 0 Å². The SMILES string of the molecule is CCNC(=NCC(C)C(=O)OC)N1CCN(c2ccc(OC)cc2)CC1. The summed E-state index contributed by atoms with van der Waals surface area (Å²) < 4.78 is 9.99. The zero-order chi connectivity index (χ0) is 18.9. The lowest BCUT2D eigenvalue weighted by Crippen LogP contribution is -2.52. The number of nitrogens with zero attached hydrogens (tertiary/aromatic N) is 3. The zero-order valence-electron chi connectivity index (χ0n) is 16.2. The number of anilines is 1. The lowest BCUT2D eigenvalue weighted by molar-refractivity contribution is -0.144. The Bertz CT molecular complexity index is 595. The topological polar surface area (TPSA) is 66.4 Å². The summed E-state index contributed by atoms with van der Waals surface area (Å²) in [5.41, 5.74) is 1.20. The van der Waals surface area contributed by atoms with E-state index >= 15 is 0 Å². The molecule has 0 saturated carbocycles. The van der Waals surface area contributed by atoms with Gasteiger partial charge in [-0.05, 0) is 31.2 Å². The highest BCUT2D eigenvalue weighted by atomic mass is 16.5. The van der Waals surface area contributed by atoms with Crippen molar-refractivity contribution in [3.8, 4) is 5.75 Å². The quantitative estimate of drug-likeness (QED) is 0.471. The van der Waals surface area contributed by atoms with Gasteiger partial charge < -0.3 is 24.6 Å². The molecule has 1 N–H and O–H groups in total. The van der Waals surface area contributed by atoms with Crippen molar-refractivity contribution in [3.05, 3.63) is 24.3 Å². The lowest BCUT2D eigenvalue weighted by atomic mass is 10.2. The molecule has 0 amide bonds. The van der Waals surface area contributed by atoms with Gasteiger partial charge in [0.2, 0.25) is 0 Å². The number of hydrogen-bond donors (Lipinski definition) is 1. The first-order chi connectivity index (χ1) is 12.6. The number of benzene rings is 1. The first-order valence-electron chi connectivity index (χ1n) is 9.09. The summed E-state index contributed by atoms with van der Waals surface area (Å²) in [4.78, 5) is 20.8. The van der Waals surface area contributed by atoms with Crippen molar-refractivity contribution in [3.63, 3.8) is 0 Å². The van der Waals surface area contributed by atoms with Crippen LogP contribution >= 0.6 is 0 Å². The summed E-state index contributed by atoms with van der Waals surface area (Å²) in [6.07, 6.45) is 0. The van der Waals surface area contributed by atoms with Gasteiger partial charge in [0, 0.05) is 38.4 Å². The molecule has 0 spiro atoms. The number of rotatable bonds is 6. The first-order valence-corrected chi connectivity index (χ1v) is 9.09. The molecule has 1 aliphatic rings. The van der Waals surface area contributed by atoms with Crippen molar-refractivity contribution >= 4 is 17.6 Å². The second-order valence-electron chi connectivity index (χ2n) is 6.29. The standard InChI is InChI=1S/C19H30N4O3/c1-5-20-19(21-14-15(2)18(24)26-4)23-12-10-22(11-13-23)16-6-8-17(25-3)9-7-16/h6-9,15H,5,10-14H2,1-4H3,(H,20,21). The molecule has 1 heterocycles. The Morgan fingerprint density at radius 2 is 1.85 bits per heavy atom. The fourth-order valence-electron chi connectivity index (χ4n) is 2.89. The van der Waals surface area contributed by atoms with E-state index in [-0.39, 0.29) is 11.9 Å². The molecule has 7 nitrogen and oxygen atoms in total. The number of hydrogen-bond acceptors (Lipinski definition) is 5. The molecular formula is C19H30N4O3. The van der Waals surface area contributed by atoms with Gasteiger partial charge in [-0.3, -0.25) is 9.79 Å². The maximum absolute atomic E-state index is 11.6. The molecular weight excluding hydrogens is 332 g/mol. The normalized spacial score (nSPS) is 16.2. The second-order valence-corrected chi connectivity index (χ2v) is 6.29. The molecule has 1 fully saturated rings. The largest absolute Gasteiger partial charge is 0.497 e. The molecule has 1 aliphatic heterocycles. The van der Waals surface area contributed by atoms with Crippen LogP contribution in [-0.2, 0) is 9.53 Å². The third kappa shape index (κ3) is 5.28. The van der Waals surface area contributed by atoms with Crippen LogP contribution in [0.1, 0.15) is 13.8 Å². The van der Waals surface area contributed by atoms with E-state index in [1.807, 2.05) is 26.0 Å². The summed E-state index contributed by atoms with van der Waals surface area (Å²) in [7, 11) is 3.09. The van der Waals surface area contributed by atoms with Crippen LogP contribution in [0, 0.1) is 5.92 Å². The summed E-state index contributed by atoms with van der Waals surface area (Å²) in [6, 6.07) is 8.15. The van der Waals surface area contributed by atoms with Gasteiger partial charge >= 0.3 is 5.97 Å². The van der Waals surface area contributed by atoms with Crippen molar-refractivity contribution < 1.29 is 14.3 Å². The minimum atomic E-state index is -0.241. The van der Waals surface area contributed by atoms with Crippen LogP contribution in [-0.4, -0.2) is 70.3 Å². The molecule has 0 aromatic heterocycles. The fourth-order valence-corrected chi connectivity index (χ4v) is 2.89. The van der Waals surface area contributed by atoms with Crippen molar-refractivity contribution in [2.45, 2.75) is 13.8 Å². The molecule has 0 radical (unpaired) electrons. The molecule has 144 valence electrons. The van der Waals surface area contributed by atoms with Gasteiger partial charge in [-0.1, -0.05) is 6.92 Å². The smallest absolute Gasteiger partial charge is 0.310 e. The zero-order valence-corrected chi connectivity index (χ0v) is 16.2. The highest BCUT2D eigenvalue weighted by Crippen LogP contribution is 2.20. The number of ether oxygens (including phenoxy) is 2. The van der Waals surface area contributed by atoms with Gasteiger partial charge in [0.05, 0.1) is 26.7 Å². The number of aliphatic imine (C=N–C) groups is 1. The van der Waals surface area contributed by atoms with Crippen molar-refractivity contribution in [2.75, 3.05) is 58.4 Å². The molecule has 2 rings (SSSR count). The Labute approximate surface area is 156 Å². The summed E-state index contributed by atoms with van der Waals surface area (Å²) in [5.74, 6) is 1.26. The summed E-state index contributed by atoms with van der Waals surface area (Å²) in [6.45, 7) is 8.70. The van der Waals surface area contributed by atoms with E-state index in [2.05, 4.69) is 32.2 Å². The van der Waals surface area contributed by atoms with Crippen LogP contribution in [0.2, 0.25) is 0 Å². The third-order valence-electron chi connectivity index (χ3n) is 4.47. The maximum Gasteiger partial charge on any atom is 0.310 e. The average molecular weight is 362 g/mol. The predicted molar refractivity (Wildman–Crippen MR) is 104 cm³/mol. The Balaban J connectivity index is 1.94. The van der Waals surface area contributed by atoms with Gasteiger partial charge in [-0.2, -0.15) is 0 Å². The van der Waals surface area contributed by atoms with Crippen molar-refractivity contribution in [1.82, 2.24) is 10.2 Å². The van der Waals surface area contributed by atoms with Gasteiger partial charge in [-0.25, -0.2) is 0 Å². The number of piperazine rings is 1. The Morgan fingerprint density at radius 3 is 2.38 bits per heavy atom. The molecule has 1 atom stereocenters. The van der Waals surface area contributed by atoms with E-state index in [4.69, 9.17) is 9.47 Å². The second kappa shape index (κ2) is 9.89. The van der Waals surface area contributed by atoms with Crippen LogP contribution in [0.3, 0.4) is 0 Å². The van der Waals surface area contributed by atoms with Gasteiger partial charge in [0.25, 0.3) is 0 Å². The van der Waals surface area contributed by atoms with Crippen molar-refractivity contribution in [2.24, 2.45) is 10.9 Å². The Kier molecular flexibility index (Phi) is 7.56. The molecule has 0 bridgehead atoms. The molecule has 1 aromatic carbocycles. The molecule has 1 saturated heterocycles. The van der Waals surface area contributed by atoms with Crippen LogP contribution in [0.25, 0.3) is 0 Å². The fraction of sp³-hybridized carbons (Fsp3) is 0.579. The molecule has 1 aromatic rings. The van der Waals surface area contributed by atoms with Crippen LogP contribution in [0.15, 0.2) is 29.3 Å². The van der Waals surface area contributed by atoms with E-state index in [1.54, 1.807) is 7.11 Å². The Morgan fingerprint density at radius 1 is 1.19 bits per heavy atom. The summed E-state index contributed by atoms with van der Waals surface area (Å²) >= 11 is 0. The lowest BCUT2D eigenvalue weighted by Gasteiger charge is -2.37. The van der Waals surface area contributed by atoms with Gasteiger partial charge in [0.15, 0.2) is 5.96 Å². The Hall–Kier alpha value is -2.44. The van der Waals surface area contributed by atoms with Crippen LogP contribution in [0.4, 0.5) is 5.69 Å². The number of carbonyl (C=O) groups excluding carboxylic acids is 1. The van der Waals surface area contributed by atoms with E-state index in [0.29, 0.717) is 6.54 Å². The number of carbonyl (C=O) groups is 1. The first kappa shape index (κ1) is 19.9. The number of nitrogens with one attached hydrogen (secondary N) is 1. The van der Waals surface area contributed by atoms with E-state index < -0.39 is 0 Å². The highest BCUT2D eigenvalue weighted by molar-refractivity contribution is 5.81. The summed E-state index contributed by atoms with van der Waals surface area (Å²) in [5, 5.41) is 3.32. The monoisotopic (exact) mass is 362 g/mol. The van der Waals surface area contributed by atoms with E-state index in [1.165, 1.54) is 12.8 Å². The molecule has 26 heavy (non-hydrogen) atoms.